The zero-order valence-electron chi connectivity index (χ0n) is 18.6. The third kappa shape index (κ3) is 4.40. The quantitative estimate of drug-likeness (QED) is 0.503. The highest BCUT2D eigenvalue weighted by Gasteiger charge is 2.23. The fourth-order valence-corrected chi connectivity index (χ4v) is 3.96. The summed E-state index contributed by atoms with van der Waals surface area (Å²) in [5.41, 5.74) is 7.03. The van der Waals surface area contributed by atoms with Crippen LogP contribution in [0.15, 0.2) is 24.3 Å². The number of aldehydes is 1. The number of ether oxygens (including phenoxy) is 2. The number of hydrogen-bond donors (Lipinski definition) is 0. The predicted molar refractivity (Wildman–Crippen MR) is 116 cm³/mol. The van der Waals surface area contributed by atoms with Gasteiger partial charge in [-0.1, -0.05) is 39.8 Å². The van der Waals surface area contributed by atoms with Crippen molar-refractivity contribution in [2.45, 2.75) is 65.7 Å². The molecule has 3 nitrogen and oxygen atoms in total. The second kappa shape index (κ2) is 9.27. The molecule has 0 atom stereocenters. The van der Waals surface area contributed by atoms with E-state index >= 15 is 0 Å². The van der Waals surface area contributed by atoms with Gasteiger partial charge in [0, 0.05) is 12.3 Å². The van der Waals surface area contributed by atoms with Crippen molar-refractivity contribution in [3.8, 4) is 11.5 Å². The van der Waals surface area contributed by atoms with Crippen molar-refractivity contribution in [1.29, 1.82) is 0 Å². The molecular weight excluding hydrogens is 348 g/mol. The topological polar surface area (TPSA) is 35.5 Å². The minimum absolute atomic E-state index is 0.0179. The summed E-state index contributed by atoms with van der Waals surface area (Å²) >= 11 is 0. The number of carbonyl (C=O) groups excluding carboxylic acids is 1. The second-order valence-electron chi connectivity index (χ2n) is 8.17. The summed E-state index contributed by atoms with van der Waals surface area (Å²) in [5, 5.41) is 0. The van der Waals surface area contributed by atoms with Gasteiger partial charge in [-0.15, -0.1) is 0 Å². The van der Waals surface area contributed by atoms with E-state index in [4.69, 9.17) is 9.47 Å². The van der Waals surface area contributed by atoms with Crippen molar-refractivity contribution in [3.05, 3.63) is 57.6 Å². The Balaban J connectivity index is 2.72. The maximum absolute atomic E-state index is 11.6. The van der Waals surface area contributed by atoms with E-state index in [9.17, 15) is 4.79 Å². The first-order chi connectivity index (χ1) is 13.2. The van der Waals surface area contributed by atoms with Gasteiger partial charge in [0.15, 0.2) is 0 Å². The smallest absolute Gasteiger partial charge is 0.122 e. The molecule has 0 aromatic heterocycles. The van der Waals surface area contributed by atoms with E-state index in [-0.39, 0.29) is 5.92 Å². The average Bonchev–Trinajstić information content (AvgIpc) is 2.65. The Morgan fingerprint density at radius 1 is 0.750 bits per heavy atom. The Morgan fingerprint density at radius 3 is 1.43 bits per heavy atom. The molecular formula is C25H34O3. The highest BCUT2D eigenvalue weighted by Crippen LogP contribution is 2.40. The normalized spacial score (nSPS) is 11.4. The Labute approximate surface area is 170 Å². The summed E-state index contributed by atoms with van der Waals surface area (Å²) in [6.45, 7) is 12.9. The Kier molecular flexibility index (Phi) is 7.29. The van der Waals surface area contributed by atoms with Crippen molar-refractivity contribution < 1.29 is 14.3 Å². The lowest BCUT2D eigenvalue weighted by Gasteiger charge is -2.25. The van der Waals surface area contributed by atoms with Crippen LogP contribution < -0.4 is 9.47 Å². The fraction of sp³-hybridized carbons (Fsp3) is 0.480. The monoisotopic (exact) mass is 382 g/mol. The molecule has 2 aromatic rings. The molecule has 0 saturated carbocycles. The standard InChI is InChI=1S/C25H34O3/c1-15(2)20-13-22(17(5)11-24(20)27-7)19(9-10-26)23-14-21(16(3)4)25(28-8)12-18(23)6/h10-16,19H,9H2,1-8H3. The maximum Gasteiger partial charge on any atom is 0.122 e. The maximum atomic E-state index is 11.6. The van der Waals surface area contributed by atoms with Gasteiger partial charge in [-0.2, -0.15) is 0 Å². The van der Waals surface area contributed by atoms with Gasteiger partial charge in [-0.25, -0.2) is 0 Å². The van der Waals surface area contributed by atoms with Gasteiger partial charge in [-0.05, 0) is 71.2 Å². The highest BCUT2D eigenvalue weighted by atomic mass is 16.5. The molecule has 0 aliphatic heterocycles. The summed E-state index contributed by atoms with van der Waals surface area (Å²) in [4.78, 5) is 11.6. The molecule has 0 fully saturated rings. The van der Waals surface area contributed by atoms with Crippen LogP contribution in [0.3, 0.4) is 0 Å². The first kappa shape index (κ1) is 22.0. The first-order valence-corrected chi connectivity index (χ1v) is 10.1. The highest BCUT2D eigenvalue weighted by molar-refractivity contribution is 5.58. The molecule has 0 aliphatic carbocycles. The third-order valence-corrected chi connectivity index (χ3v) is 5.56. The van der Waals surface area contributed by atoms with Crippen molar-refractivity contribution >= 4 is 6.29 Å². The molecule has 0 unspecified atom stereocenters. The lowest BCUT2D eigenvalue weighted by atomic mass is 9.81. The zero-order valence-corrected chi connectivity index (χ0v) is 18.6. The molecule has 152 valence electrons. The number of aryl methyl sites for hydroxylation is 2. The lowest BCUT2D eigenvalue weighted by Crippen LogP contribution is -2.10. The molecule has 0 N–H and O–H groups in total. The van der Waals surface area contributed by atoms with Crippen LogP contribution in [-0.4, -0.2) is 20.5 Å². The van der Waals surface area contributed by atoms with Crippen molar-refractivity contribution in [1.82, 2.24) is 0 Å². The Bertz CT molecular complexity index is 769. The Morgan fingerprint density at radius 2 is 1.14 bits per heavy atom. The minimum atomic E-state index is 0.0179. The van der Waals surface area contributed by atoms with Crippen molar-refractivity contribution in [2.75, 3.05) is 14.2 Å². The number of carbonyl (C=O) groups is 1. The summed E-state index contributed by atoms with van der Waals surface area (Å²) in [6.07, 6.45) is 1.48. The fourth-order valence-electron chi connectivity index (χ4n) is 3.96. The average molecular weight is 383 g/mol. The van der Waals surface area contributed by atoms with Crippen LogP contribution in [0, 0.1) is 13.8 Å². The van der Waals surface area contributed by atoms with Gasteiger partial charge in [0.2, 0.25) is 0 Å². The summed E-state index contributed by atoms with van der Waals surface area (Å²) in [7, 11) is 3.43. The van der Waals surface area contributed by atoms with E-state index in [1.165, 1.54) is 22.3 Å². The molecule has 0 saturated heterocycles. The molecule has 28 heavy (non-hydrogen) atoms. The summed E-state index contributed by atoms with van der Waals surface area (Å²) in [5.74, 6) is 2.53. The van der Waals surface area contributed by atoms with E-state index < -0.39 is 0 Å². The molecule has 0 spiro atoms. The van der Waals surface area contributed by atoms with E-state index in [0.717, 1.165) is 28.9 Å². The molecule has 2 aromatic carbocycles. The van der Waals surface area contributed by atoms with E-state index in [1.807, 2.05) is 0 Å². The van der Waals surface area contributed by atoms with Gasteiger partial charge in [0.25, 0.3) is 0 Å². The van der Waals surface area contributed by atoms with Crippen molar-refractivity contribution in [3.63, 3.8) is 0 Å². The number of rotatable bonds is 8. The SMILES string of the molecule is COc1cc(C)c(C(CC=O)c2cc(C(C)C)c(OC)cc2C)cc1C(C)C. The molecule has 0 amide bonds. The van der Waals surface area contributed by atoms with Crippen LogP contribution in [-0.2, 0) is 4.79 Å². The van der Waals surface area contributed by atoms with Crippen LogP contribution in [0.5, 0.6) is 11.5 Å². The molecule has 0 radical (unpaired) electrons. The molecule has 0 bridgehead atoms. The van der Waals surface area contributed by atoms with Gasteiger partial charge in [0.1, 0.15) is 17.8 Å². The molecule has 3 heteroatoms. The van der Waals surface area contributed by atoms with E-state index in [0.29, 0.717) is 18.3 Å². The van der Waals surface area contributed by atoms with Gasteiger partial charge in [0.05, 0.1) is 14.2 Å². The largest absolute Gasteiger partial charge is 0.496 e. The molecule has 2 rings (SSSR count). The zero-order chi connectivity index (χ0) is 21.0. The van der Waals surface area contributed by atoms with Crippen LogP contribution >= 0.6 is 0 Å². The van der Waals surface area contributed by atoms with Gasteiger partial charge in [-0.3, -0.25) is 0 Å². The minimum Gasteiger partial charge on any atom is -0.496 e. The second-order valence-corrected chi connectivity index (χ2v) is 8.17. The number of hydrogen-bond acceptors (Lipinski definition) is 3. The van der Waals surface area contributed by atoms with Crippen molar-refractivity contribution in [2.24, 2.45) is 0 Å². The Hall–Kier alpha value is -2.29. The predicted octanol–water partition coefficient (Wildman–Crippen LogP) is 6.29. The first-order valence-electron chi connectivity index (χ1n) is 10.1. The van der Waals surface area contributed by atoms with Gasteiger partial charge >= 0.3 is 0 Å². The molecule has 0 heterocycles. The summed E-state index contributed by atoms with van der Waals surface area (Å²) < 4.78 is 11.2. The van der Waals surface area contributed by atoms with Crippen LogP contribution in [0.4, 0.5) is 0 Å². The van der Waals surface area contributed by atoms with E-state index in [1.54, 1.807) is 14.2 Å². The molecule has 0 aliphatic rings. The lowest BCUT2D eigenvalue weighted by molar-refractivity contribution is -0.108. The third-order valence-electron chi connectivity index (χ3n) is 5.56. The van der Waals surface area contributed by atoms with Crippen LogP contribution in [0.2, 0.25) is 0 Å². The van der Waals surface area contributed by atoms with E-state index in [2.05, 4.69) is 65.8 Å². The summed E-state index contributed by atoms with van der Waals surface area (Å²) in [6, 6.07) is 8.66. The van der Waals surface area contributed by atoms with Gasteiger partial charge < -0.3 is 14.3 Å². The van der Waals surface area contributed by atoms with Crippen LogP contribution in [0.25, 0.3) is 0 Å². The number of benzene rings is 2. The van der Waals surface area contributed by atoms with Crippen LogP contribution in [0.1, 0.15) is 85.3 Å². The number of methoxy groups -OCH3 is 2.